The molecule has 2 aromatic carbocycles. The number of hydrogen-bond acceptors (Lipinski definition) is 5. The third-order valence-electron chi connectivity index (χ3n) is 6.56. The number of carbonyl (C=O) groups excluding carboxylic acids is 2. The predicted molar refractivity (Wildman–Crippen MR) is 167 cm³/mol. The lowest BCUT2D eigenvalue weighted by molar-refractivity contribution is 0.0506. The van der Waals surface area contributed by atoms with Gasteiger partial charge < -0.3 is 24.8 Å². The highest BCUT2D eigenvalue weighted by Crippen LogP contribution is 2.37. The smallest absolute Gasteiger partial charge is 0.407 e. The van der Waals surface area contributed by atoms with Gasteiger partial charge in [0.25, 0.3) is 5.91 Å². The fourth-order valence-corrected chi connectivity index (χ4v) is 4.33. The first-order valence-electron chi connectivity index (χ1n) is 15.4. The summed E-state index contributed by atoms with van der Waals surface area (Å²) in [6, 6.07) is 13.4. The summed E-state index contributed by atoms with van der Waals surface area (Å²) in [4.78, 5) is 25.1. The first kappa shape index (κ1) is 34.0. The Kier molecular flexibility index (Phi) is 15.1. The third kappa shape index (κ3) is 13.3. The maximum Gasteiger partial charge on any atom is 0.407 e. The molecule has 0 radical (unpaired) electrons. The van der Waals surface area contributed by atoms with Crippen molar-refractivity contribution in [2.45, 2.75) is 111 Å². The molecule has 0 aliphatic heterocycles. The van der Waals surface area contributed by atoms with Gasteiger partial charge in [-0.1, -0.05) is 70.6 Å². The van der Waals surface area contributed by atoms with Gasteiger partial charge in [0, 0.05) is 29.3 Å². The second kappa shape index (κ2) is 18.3. The molecule has 2 aromatic rings. The van der Waals surface area contributed by atoms with Crippen LogP contribution in [0.2, 0.25) is 0 Å². The van der Waals surface area contributed by atoms with Crippen molar-refractivity contribution >= 4 is 12.0 Å². The van der Waals surface area contributed by atoms with E-state index in [1.54, 1.807) is 6.07 Å². The summed E-state index contributed by atoms with van der Waals surface area (Å²) in [5.74, 6) is 1.36. The van der Waals surface area contributed by atoms with Crippen molar-refractivity contribution in [3.63, 3.8) is 0 Å². The maximum absolute atomic E-state index is 13.1. The Morgan fingerprint density at radius 2 is 1.41 bits per heavy atom. The first-order chi connectivity index (χ1) is 19.6. The zero-order valence-corrected chi connectivity index (χ0v) is 26.1. The summed E-state index contributed by atoms with van der Waals surface area (Å²) in [5, 5.41) is 5.79. The number of benzene rings is 2. The van der Waals surface area contributed by atoms with Gasteiger partial charge >= 0.3 is 6.09 Å². The number of para-hydroxylation sites is 1. The molecule has 0 aliphatic rings. The molecule has 228 valence electrons. The summed E-state index contributed by atoms with van der Waals surface area (Å²) in [7, 11) is 0. The monoisotopic (exact) mass is 568 g/mol. The van der Waals surface area contributed by atoms with Crippen LogP contribution < -0.4 is 20.1 Å². The Labute approximate surface area is 247 Å². The Hall–Kier alpha value is -3.22. The highest BCUT2D eigenvalue weighted by molar-refractivity contribution is 5.96. The number of ether oxygens (including phenoxy) is 3. The molecule has 0 aliphatic carbocycles. The van der Waals surface area contributed by atoms with E-state index in [4.69, 9.17) is 14.2 Å². The number of alkyl carbamates (subject to hydrolysis) is 1. The minimum absolute atomic E-state index is 0.148. The topological polar surface area (TPSA) is 85.9 Å². The second-order valence-electron chi connectivity index (χ2n) is 11.6. The molecule has 7 nitrogen and oxygen atoms in total. The van der Waals surface area contributed by atoms with Gasteiger partial charge in [-0.25, -0.2) is 4.79 Å². The van der Waals surface area contributed by atoms with E-state index in [-0.39, 0.29) is 11.9 Å². The van der Waals surface area contributed by atoms with Crippen LogP contribution in [0.25, 0.3) is 11.1 Å². The van der Waals surface area contributed by atoms with Gasteiger partial charge in [-0.3, -0.25) is 4.79 Å². The number of carbonyl (C=O) groups is 2. The van der Waals surface area contributed by atoms with Gasteiger partial charge in [-0.05, 0) is 71.2 Å². The molecule has 0 saturated heterocycles. The zero-order valence-electron chi connectivity index (χ0n) is 26.1. The fourth-order valence-electron chi connectivity index (χ4n) is 4.33. The number of nitrogens with one attached hydrogen (secondary N) is 2. The van der Waals surface area contributed by atoms with Crippen LogP contribution in [-0.4, -0.2) is 43.4 Å². The molecule has 7 heteroatoms. The summed E-state index contributed by atoms with van der Waals surface area (Å²) >= 11 is 0. The van der Waals surface area contributed by atoms with Crippen LogP contribution in [0.4, 0.5) is 4.79 Å². The maximum atomic E-state index is 13.1. The summed E-state index contributed by atoms with van der Waals surface area (Å²) in [6.07, 6.45) is 9.13. The molecule has 1 unspecified atom stereocenters. The molecule has 0 bridgehead atoms. The van der Waals surface area contributed by atoms with Crippen molar-refractivity contribution in [3.8, 4) is 22.6 Å². The van der Waals surface area contributed by atoms with E-state index in [1.165, 1.54) is 25.7 Å². The van der Waals surface area contributed by atoms with Gasteiger partial charge in [0.15, 0.2) is 0 Å². The summed E-state index contributed by atoms with van der Waals surface area (Å²) in [6.45, 7) is 13.5. The lowest BCUT2D eigenvalue weighted by Gasteiger charge is -2.22. The highest BCUT2D eigenvalue weighted by atomic mass is 16.6. The lowest BCUT2D eigenvalue weighted by atomic mass is 10.0. The van der Waals surface area contributed by atoms with Crippen molar-refractivity contribution in [2.24, 2.45) is 0 Å². The van der Waals surface area contributed by atoms with E-state index < -0.39 is 11.7 Å². The largest absolute Gasteiger partial charge is 0.493 e. The van der Waals surface area contributed by atoms with Crippen molar-refractivity contribution in [2.75, 3.05) is 19.8 Å². The minimum Gasteiger partial charge on any atom is -0.493 e. The summed E-state index contributed by atoms with van der Waals surface area (Å²) in [5.41, 5.74) is 1.75. The molecular weight excluding hydrogens is 516 g/mol. The Morgan fingerprint density at radius 3 is 2.02 bits per heavy atom. The Balaban J connectivity index is 2.13. The van der Waals surface area contributed by atoms with E-state index in [9.17, 15) is 9.59 Å². The van der Waals surface area contributed by atoms with Crippen molar-refractivity contribution in [1.82, 2.24) is 10.6 Å². The van der Waals surface area contributed by atoms with E-state index in [1.807, 2.05) is 64.1 Å². The number of amides is 2. The standard InChI is InChI=1S/C34H52N2O5/c1-7-9-11-15-23-39-30-18-14-13-17-28(30)29-25-27(19-20-31(29)40-24-16-12-10-8-2)32(37)35-22-21-26(3)36-33(38)41-34(4,5)6/h13-14,17-20,25-26H,7-12,15-16,21-24H2,1-6H3,(H,35,37)(H,36,38). The van der Waals surface area contributed by atoms with Gasteiger partial charge in [0.2, 0.25) is 0 Å². The predicted octanol–water partition coefficient (Wildman–Crippen LogP) is 8.30. The SMILES string of the molecule is CCCCCCOc1ccccc1-c1cc(C(=O)NCCC(C)NC(=O)OC(C)(C)C)ccc1OCCCCCC. The molecule has 0 aromatic heterocycles. The molecule has 1 atom stereocenters. The molecular formula is C34H52N2O5. The van der Waals surface area contributed by atoms with E-state index in [2.05, 4.69) is 24.5 Å². The van der Waals surface area contributed by atoms with E-state index in [0.717, 1.165) is 48.3 Å². The molecule has 0 spiro atoms. The lowest BCUT2D eigenvalue weighted by Crippen LogP contribution is -2.39. The van der Waals surface area contributed by atoms with Crippen LogP contribution in [0, 0.1) is 0 Å². The molecule has 0 fully saturated rings. The van der Waals surface area contributed by atoms with Crippen LogP contribution in [0.3, 0.4) is 0 Å². The highest BCUT2D eigenvalue weighted by Gasteiger charge is 2.19. The molecule has 0 heterocycles. The molecule has 0 saturated carbocycles. The van der Waals surface area contributed by atoms with Crippen molar-refractivity contribution < 1.29 is 23.8 Å². The minimum atomic E-state index is -0.556. The molecule has 2 N–H and O–H groups in total. The van der Waals surface area contributed by atoms with Crippen LogP contribution in [0.1, 0.15) is 110 Å². The number of rotatable bonds is 18. The first-order valence-corrected chi connectivity index (χ1v) is 15.4. The van der Waals surface area contributed by atoms with E-state index >= 15 is 0 Å². The van der Waals surface area contributed by atoms with Crippen LogP contribution in [0.15, 0.2) is 42.5 Å². The average Bonchev–Trinajstić information content (AvgIpc) is 2.92. The van der Waals surface area contributed by atoms with Crippen molar-refractivity contribution in [3.05, 3.63) is 48.0 Å². The van der Waals surface area contributed by atoms with Gasteiger partial charge in [0.05, 0.1) is 13.2 Å². The van der Waals surface area contributed by atoms with Crippen LogP contribution >= 0.6 is 0 Å². The Morgan fingerprint density at radius 1 is 0.805 bits per heavy atom. The molecule has 41 heavy (non-hydrogen) atoms. The quantitative estimate of drug-likeness (QED) is 0.177. The molecule has 2 rings (SSSR count). The fraction of sp³-hybridized carbons (Fsp3) is 0.588. The van der Waals surface area contributed by atoms with Gasteiger partial charge in [0.1, 0.15) is 17.1 Å². The summed E-state index contributed by atoms with van der Waals surface area (Å²) < 4.78 is 17.7. The number of hydrogen-bond donors (Lipinski definition) is 2. The van der Waals surface area contributed by atoms with Crippen LogP contribution in [-0.2, 0) is 4.74 Å². The van der Waals surface area contributed by atoms with Gasteiger partial charge in [-0.15, -0.1) is 0 Å². The van der Waals surface area contributed by atoms with Crippen molar-refractivity contribution in [1.29, 1.82) is 0 Å². The van der Waals surface area contributed by atoms with E-state index in [0.29, 0.717) is 31.7 Å². The Bertz CT molecular complexity index is 1060. The normalized spacial score (nSPS) is 12.0. The third-order valence-corrected chi connectivity index (χ3v) is 6.56. The second-order valence-corrected chi connectivity index (χ2v) is 11.6. The zero-order chi connectivity index (χ0) is 30.1. The average molecular weight is 569 g/mol. The van der Waals surface area contributed by atoms with Crippen LogP contribution in [0.5, 0.6) is 11.5 Å². The number of unbranched alkanes of at least 4 members (excludes halogenated alkanes) is 6. The van der Waals surface area contributed by atoms with Gasteiger partial charge in [-0.2, -0.15) is 0 Å². The molecule has 2 amide bonds.